The molecule has 1 aliphatic rings. The molecule has 0 heterocycles. The Kier molecular flexibility index (Phi) is 14.2. The third kappa shape index (κ3) is 12.1. The smallest absolute Gasteiger partial charge is 0.0414 e. The van der Waals surface area contributed by atoms with E-state index in [4.69, 9.17) is 0 Å². The van der Waals surface area contributed by atoms with Crippen molar-refractivity contribution in [2.45, 2.75) is 136 Å². The van der Waals surface area contributed by atoms with E-state index in [0.29, 0.717) is 0 Å². The topological polar surface area (TPSA) is 0 Å². The second-order valence-corrected chi connectivity index (χ2v) is 8.35. The lowest BCUT2D eigenvalue weighted by molar-refractivity contribution is 0.307. The molecule has 138 valence electrons. The summed E-state index contributed by atoms with van der Waals surface area (Å²) in [7, 11) is 0. The summed E-state index contributed by atoms with van der Waals surface area (Å²) in [5.74, 6) is 2.11. The van der Waals surface area contributed by atoms with Crippen LogP contribution in [0.3, 0.4) is 0 Å². The van der Waals surface area contributed by atoms with Gasteiger partial charge in [-0.15, -0.1) is 0 Å². The highest BCUT2D eigenvalue weighted by Gasteiger charge is 2.14. The van der Waals surface area contributed by atoms with Crippen LogP contribution in [-0.2, 0) is 0 Å². The summed E-state index contributed by atoms with van der Waals surface area (Å²) >= 11 is 0. The highest BCUT2D eigenvalue weighted by Crippen LogP contribution is 2.29. The average Bonchev–Trinajstić information content (AvgIpc) is 2.58. The van der Waals surface area contributed by atoms with Gasteiger partial charge in [-0.05, 0) is 11.8 Å². The molecule has 1 rings (SSSR count). The zero-order chi connectivity index (χ0) is 16.6. The Balaban J connectivity index is 2.27. The van der Waals surface area contributed by atoms with Crippen molar-refractivity contribution in [3.63, 3.8) is 0 Å². The van der Waals surface area contributed by atoms with E-state index >= 15 is 0 Å². The Morgan fingerprint density at radius 1 is 0.609 bits per heavy atom. The molecule has 0 heteroatoms. The van der Waals surface area contributed by atoms with Crippen molar-refractivity contribution in [3.8, 4) is 0 Å². The van der Waals surface area contributed by atoms with Crippen molar-refractivity contribution in [1.82, 2.24) is 0 Å². The van der Waals surface area contributed by atoms with Crippen molar-refractivity contribution < 1.29 is 0 Å². The first-order valence-electron chi connectivity index (χ1n) is 11.4. The second-order valence-electron chi connectivity index (χ2n) is 8.35. The quantitative estimate of drug-likeness (QED) is 0.334. The molecule has 0 radical (unpaired) electrons. The fourth-order valence-electron chi connectivity index (χ4n) is 4.44. The van der Waals surface area contributed by atoms with E-state index in [-0.39, 0.29) is 0 Å². The Morgan fingerprint density at radius 3 is 1.78 bits per heavy atom. The largest absolute Gasteiger partial charge is 0.0654 e. The zero-order valence-electron chi connectivity index (χ0n) is 16.6. The lowest BCUT2D eigenvalue weighted by Gasteiger charge is -2.22. The number of unbranched alkanes of at least 4 members (excludes halogenated alkanes) is 4. The predicted molar refractivity (Wildman–Crippen MR) is 106 cm³/mol. The van der Waals surface area contributed by atoms with Gasteiger partial charge in [-0.25, -0.2) is 0 Å². The van der Waals surface area contributed by atoms with E-state index in [9.17, 15) is 0 Å². The van der Waals surface area contributed by atoms with E-state index in [1.807, 2.05) is 0 Å². The van der Waals surface area contributed by atoms with Gasteiger partial charge in [-0.3, -0.25) is 0 Å². The molecule has 1 aliphatic carbocycles. The second kappa shape index (κ2) is 15.5. The molecular formula is C23H46. The van der Waals surface area contributed by atoms with E-state index in [1.54, 1.807) is 6.42 Å². The molecule has 23 heavy (non-hydrogen) atoms. The maximum atomic E-state index is 2.36. The minimum Gasteiger partial charge on any atom is -0.0654 e. The van der Waals surface area contributed by atoms with E-state index < -0.39 is 0 Å². The van der Waals surface area contributed by atoms with Gasteiger partial charge in [0, 0.05) is 0 Å². The molecule has 0 N–H and O–H groups in total. The lowest BCUT2D eigenvalue weighted by atomic mass is 9.84. The molecule has 0 nitrogen and oxygen atoms in total. The monoisotopic (exact) mass is 322 g/mol. The van der Waals surface area contributed by atoms with Crippen molar-refractivity contribution >= 4 is 0 Å². The minimum absolute atomic E-state index is 1.04. The average molecular weight is 323 g/mol. The molecule has 0 bridgehead atoms. The minimum atomic E-state index is 1.04. The molecule has 0 aromatic carbocycles. The first kappa shape index (κ1) is 21.0. The molecule has 0 saturated heterocycles. The number of hydrogen-bond acceptors (Lipinski definition) is 0. The first-order valence-corrected chi connectivity index (χ1v) is 11.4. The van der Waals surface area contributed by atoms with Crippen LogP contribution in [0.5, 0.6) is 0 Å². The summed E-state index contributed by atoms with van der Waals surface area (Å²) in [6.45, 7) is 4.68. The maximum Gasteiger partial charge on any atom is -0.0414 e. The van der Waals surface area contributed by atoms with Crippen LogP contribution in [0, 0.1) is 11.8 Å². The Hall–Kier alpha value is 0. The number of hydrogen-bond donors (Lipinski definition) is 0. The fraction of sp³-hybridized carbons (Fsp3) is 1.00. The van der Waals surface area contributed by atoms with Crippen LogP contribution in [0.2, 0.25) is 0 Å². The van der Waals surface area contributed by atoms with E-state index in [2.05, 4.69) is 13.8 Å². The van der Waals surface area contributed by atoms with Crippen LogP contribution >= 0.6 is 0 Å². The number of rotatable bonds is 11. The lowest BCUT2D eigenvalue weighted by Crippen LogP contribution is -2.08. The van der Waals surface area contributed by atoms with Gasteiger partial charge in [-0.1, -0.05) is 136 Å². The summed E-state index contributed by atoms with van der Waals surface area (Å²) in [4.78, 5) is 0. The van der Waals surface area contributed by atoms with Gasteiger partial charge in [0.05, 0.1) is 0 Å². The Morgan fingerprint density at radius 2 is 1.17 bits per heavy atom. The highest BCUT2D eigenvalue weighted by molar-refractivity contribution is 4.67. The first-order chi connectivity index (χ1) is 11.4. The Bertz CT molecular complexity index is 222. The van der Waals surface area contributed by atoms with Crippen LogP contribution in [0.4, 0.5) is 0 Å². The van der Waals surface area contributed by atoms with Gasteiger partial charge < -0.3 is 0 Å². The Labute approximate surface area is 148 Å². The highest BCUT2D eigenvalue weighted by atomic mass is 14.2. The van der Waals surface area contributed by atoms with Crippen molar-refractivity contribution in [2.24, 2.45) is 11.8 Å². The van der Waals surface area contributed by atoms with Crippen LogP contribution in [0.15, 0.2) is 0 Å². The predicted octanol–water partition coefficient (Wildman–Crippen LogP) is 8.68. The van der Waals surface area contributed by atoms with Crippen LogP contribution in [0.1, 0.15) is 136 Å². The molecule has 0 aliphatic heterocycles. The third-order valence-corrected chi connectivity index (χ3v) is 6.14. The fourth-order valence-corrected chi connectivity index (χ4v) is 4.44. The summed E-state index contributed by atoms with van der Waals surface area (Å²) < 4.78 is 0. The van der Waals surface area contributed by atoms with Gasteiger partial charge >= 0.3 is 0 Å². The van der Waals surface area contributed by atoms with Crippen LogP contribution in [0.25, 0.3) is 0 Å². The third-order valence-electron chi connectivity index (χ3n) is 6.14. The van der Waals surface area contributed by atoms with E-state index in [0.717, 1.165) is 11.8 Å². The standard InChI is InChI=1S/C23H46/c1-3-5-7-13-17-22(16-6-4-2)20-21-23-18-14-11-9-8-10-12-15-19-23/h22-23H,3-21H2,1-2H3. The molecule has 0 amide bonds. The molecule has 0 aromatic heterocycles. The maximum absolute atomic E-state index is 2.36. The van der Waals surface area contributed by atoms with Gasteiger partial charge in [0.25, 0.3) is 0 Å². The van der Waals surface area contributed by atoms with Gasteiger partial charge in [0.1, 0.15) is 0 Å². The normalized spacial score (nSPS) is 19.6. The zero-order valence-corrected chi connectivity index (χ0v) is 16.6. The summed E-state index contributed by atoms with van der Waals surface area (Å²) in [6.07, 6.45) is 28.4. The molecule has 1 unspecified atom stereocenters. The van der Waals surface area contributed by atoms with Crippen molar-refractivity contribution in [2.75, 3.05) is 0 Å². The van der Waals surface area contributed by atoms with Gasteiger partial charge in [0.2, 0.25) is 0 Å². The molecule has 1 atom stereocenters. The molecule has 0 spiro atoms. The molecule has 0 aromatic rings. The van der Waals surface area contributed by atoms with Crippen molar-refractivity contribution in [1.29, 1.82) is 0 Å². The molecule has 1 saturated carbocycles. The van der Waals surface area contributed by atoms with Crippen LogP contribution < -0.4 is 0 Å². The van der Waals surface area contributed by atoms with Crippen molar-refractivity contribution in [3.05, 3.63) is 0 Å². The summed E-state index contributed by atoms with van der Waals surface area (Å²) in [5, 5.41) is 0. The summed E-state index contributed by atoms with van der Waals surface area (Å²) in [5.41, 5.74) is 0. The molecule has 1 fully saturated rings. The van der Waals surface area contributed by atoms with E-state index in [1.165, 1.54) is 116 Å². The van der Waals surface area contributed by atoms with Gasteiger partial charge in [0.15, 0.2) is 0 Å². The van der Waals surface area contributed by atoms with Gasteiger partial charge in [-0.2, -0.15) is 0 Å². The SMILES string of the molecule is CCCCCCC(CCCC)CCC1CCCCCCCCC1. The van der Waals surface area contributed by atoms with Crippen LogP contribution in [-0.4, -0.2) is 0 Å². The molecular weight excluding hydrogens is 276 g/mol. The summed E-state index contributed by atoms with van der Waals surface area (Å²) in [6, 6.07) is 0.